The number of carbonyl (C=O) groups excluding carboxylic acids is 1. The first-order valence-electron chi connectivity index (χ1n) is 10.2. The molecule has 8 heteroatoms. The Balaban J connectivity index is 1.63. The average molecular weight is 441 g/mol. The highest BCUT2D eigenvalue weighted by molar-refractivity contribution is 7.99. The van der Waals surface area contributed by atoms with Crippen LogP contribution >= 0.6 is 11.8 Å². The van der Waals surface area contributed by atoms with E-state index in [2.05, 4.69) is 29.4 Å². The van der Waals surface area contributed by atoms with Crippen molar-refractivity contribution in [3.63, 3.8) is 0 Å². The van der Waals surface area contributed by atoms with E-state index in [9.17, 15) is 4.79 Å². The van der Waals surface area contributed by atoms with Crippen LogP contribution in [0.4, 0.5) is 0 Å². The van der Waals surface area contributed by atoms with Gasteiger partial charge >= 0.3 is 0 Å². The molecule has 3 rings (SSSR count). The summed E-state index contributed by atoms with van der Waals surface area (Å²) in [5.41, 5.74) is 1.07. The van der Waals surface area contributed by atoms with Gasteiger partial charge in [0.1, 0.15) is 11.5 Å². The van der Waals surface area contributed by atoms with Crippen molar-refractivity contribution in [2.75, 3.05) is 12.9 Å². The van der Waals surface area contributed by atoms with E-state index in [0.29, 0.717) is 23.3 Å². The van der Waals surface area contributed by atoms with Crippen molar-refractivity contribution in [3.05, 3.63) is 66.0 Å². The lowest BCUT2D eigenvalue weighted by molar-refractivity contribution is -0.118. The quantitative estimate of drug-likeness (QED) is 0.470. The van der Waals surface area contributed by atoms with E-state index in [1.807, 2.05) is 66.1 Å². The van der Waals surface area contributed by atoms with Gasteiger partial charge in [-0.25, -0.2) is 0 Å². The summed E-state index contributed by atoms with van der Waals surface area (Å²) in [6.07, 6.45) is -0.316. The van der Waals surface area contributed by atoms with Crippen molar-refractivity contribution >= 4 is 17.7 Å². The van der Waals surface area contributed by atoms with Crippen LogP contribution in [0.5, 0.6) is 11.5 Å². The number of thioether (sulfide) groups is 1. The molecule has 0 radical (unpaired) electrons. The highest BCUT2D eigenvalue weighted by atomic mass is 32.2. The van der Waals surface area contributed by atoms with E-state index in [4.69, 9.17) is 9.47 Å². The third kappa shape index (κ3) is 6.24. The molecule has 1 N–H and O–H groups in total. The Morgan fingerprint density at radius 2 is 1.81 bits per heavy atom. The van der Waals surface area contributed by atoms with E-state index >= 15 is 0 Å². The zero-order chi connectivity index (χ0) is 22.2. The first kappa shape index (κ1) is 22.7. The molecule has 31 heavy (non-hydrogen) atoms. The predicted octanol–water partition coefficient (Wildman–Crippen LogP) is 4.42. The van der Waals surface area contributed by atoms with Gasteiger partial charge in [0.15, 0.2) is 17.1 Å². The summed E-state index contributed by atoms with van der Waals surface area (Å²) in [5, 5.41) is 12.3. The van der Waals surface area contributed by atoms with Gasteiger partial charge in [0, 0.05) is 18.7 Å². The maximum atomic E-state index is 12.3. The number of nitrogens with one attached hydrogen (secondary N) is 1. The Kier molecular flexibility index (Phi) is 7.94. The SMILES string of the molecule is COc1cccc(OC(C)c2nnc(SCC(=O)NCc3ccccc3)n2C(C)C)c1. The molecule has 1 atom stereocenters. The molecule has 0 saturated heterocycles. The summed E-state index contributed by atoms with van der Waals surface area (Å²) in [6.45, 7) is 6.56. The minimum absolute atomic E-state index is 0.0469. The number of amides is 1. The second kappa shape index (κ2) is 10.9. The Hall–Kier alpha value is -3.00. The number of carbonyl (C=O) groups is 1. The van der Waals surface area contributed by atoms with Crippen LogP contribution in [-0.2, 0) is 11.3 Å². The van der Waals surface area contributed by atoms with Crippen LogP contribution in [0.1, 0.15) is 44.3 Å². The molecule has 0 bridgehead atoms. The van der Waals surface area contributed by atoms with Crippen LogP contribution in [0.3, 0.4) is 0 Å². The second-order valence-corrected chi connectivity index (χ2v) is 8.24. The van der Waals surface area contributed by atoms with E-state index in [1.54, 1.807) is 7.11 Å². The Bertz CT molecular complexity index is 991. The molecule has 2 aromatic carbocycles. The van der Waals surface area contributed by atoms with Gasteiger partial charge in [0.2, 0.25) is 5.91 Å². The first-order valence-corrected chi connectivity index (χ1v) is 11.2. The van der Waals surface area contributed by atoms with Gasteiger partial charge in [-0.15, -0.1) is 10.2 Å². The third-order valence-corrected chi connectivity index (χ3v) is 5.53. The van der Waals surface area contributed by atoms with Crippen LogP contribution in [-0.4, -0.2) is 33.5 Å². The molecule has 0 aliphatic carbocycles. The average Bonchev–Trinajstić information content (AvgIpc) is 3.21. The lowest BCUT2D eigenvalue weighted by atomic mass is 10.2. The maximum Gasteiger partial charge on any atom is 0.230 e. The zero-order valence-corrected chi connectivity index (χ0v) is 19.1. The Labute approximate surface area is 187 Å². The highest BCUT2D eigenvalue weighted by Crippen LogP contribution is 2.28. The van der Waals surface area contributed by atoms with E-state index in [0.717, 1.165) is 11.3 Å². The number of rotatable bonds is 10. The lowest BCUT2D eigenvalue weighted by Crippen LogP contribution is -2.24. The number of methoxy groups -OCH3 is 1. The number of aromatic nitrogens is 3. The molecule has 0 spiro atoms. The standard InChI is InChI=1S/C23H28N4O3S/c1-16(2)27-22(17(3)30-20-12-8-11-19(13-20)29-4)25-26-23(27)31-15-21(28)24-14-18-9-6-5-7-10-18/h5-13,16-17H,14-15H2,1-4H3,(H,24,28). The van der Waals surface area contributed by atoms with Crippen LogP contribution in [0.25, 0.3) is 0 Å². The molecule has 0 aliphatic rings. The van der Waals surface area contributed by atoms with Gasteiger partial charge in [0.25, 0.3) is 0 Å². The molecule has 1 heterocycles. The fourth-order valence-electron chi connectivity index (χ4n) is 3.06. The van der Waals surface area contributed by atoms with Crippen molar-refractivity contribution in [2.24, 2.45) is 0 Å². The first-order chi connectivity index (χ1) is 15.0. The summed E-state index contributed by atoms with van der Waals surface area (Å²) in [7, 11) is 1.62. The van der Waals surface area contributed by atoms with Gasteiger partial charge in [-0.3, -0.25) is 4.79 Å². The summed E-state index contributed by atoms with van der Waals surface area (Å²) in [6, 6.07) is 17.4. The molecule has 0 fully saturated rings. The fourth-order valence-corrected chi connectivity index (χ4v) is 3.96. The van der Waals surface area contributed by atoms with Crippen molar-refractivity contribution in [1.82, 2.24) is 20.1 Å². The number of benzene rings is 2. The molecule has 164 valence electrons. The van der Waals surface area contributed by atoms with Crippen molar-refractivity contribution in [3.8, 4) is 11.5 Å². The van der Waals surface area contributed by atoms with Crippen molar-refractivity contribution < 1.29 is 14.3 Å². The molecule has 0 saturated carbocycles. The summed E-state index contributed by atoms with van der Waals surface area (Å²) < 4.78 is 13.3. The van der Waals surface area contributed by atoms with Gasteiger partial charge in [-0.2, -0.15) is 0 Å². The van der Waals surface area contributed by atoms with Gasteiger partial charge < -0.3 is 19.4 Å². The normalized spacial score (nSPS) is 11.9. The Morgan fingerprint density at radius 3 is 2.52 bits per heavy atom. The number of ether oxygens (including phenoxy) is 2. The van der Waals surface area contributed by atoms with E-state index < -0.39 is 0 Å². The Morgan fingerprint density at radius 1 is 1.06 bits per heavy atom. The van der Waals surface area contributed by atoms with E-state index in [1.165, 1.54) is 11.8 Å². The topological polar surface area (TPSA) is 78.3 Å². The van der Waals surface area contributed by atoms with Crippen molar-refractivity contribution in [2.45, 2.75) is 44.6 Å². The third-order valence-electron chi connectivity index (χ3n) is 4.59. The van der Waals surface area contributed by atoms with Crippen LogP contribution in [0.2, 0.25) is 0 Å². The van der Waals surface area contributed by atoms with Gasteiger partial charge in [0.05, 0.1) is 12.9 Å². The second-order valence-electron chi connectivity index (χ2n) is 7.29. The maximum absolute atomic E-state index is 12.3. The smallest absolute Gasteiger partial charge is 0.230 e. The van der Waals surface area contributed by atoms with E-state index in [-0.39, 0.29) is 23.8 Å². The minimum atomic E-state index is -0.316. The molecule has 1 aromatic heterocycles. The highest BCUT2D eigenvalue weighted by Gasteiger charge is 2.22. The van der Waals surface area contributed by atoms with Gasteiger partial charge in [-0.1, -0.05) is 48.2 Å². The van der Waals surface area contributed by atoms with Gasteiger partial charge in [-0.05, 0) is 38.5 Å². The number of hydrogen-bond acceptors (Lipinski definition) is 6. The van der Waals surface area contributed by atoms with Crippen molar-refractivity contribution in [1.29, 1.82) is 0 Å². The zero-order valence-electron chi connectivity index (χ0n) is 18.2. The minimum Gasteiger partial charge on any atom is -0.497 e. The largest absolute Gasteiger partial charge is 0.497 e. The van der Waals surface area contributed by atoms with Crippen LogP contribution < -0.4 is 14.8 Å². The number of nitrogens with zero attached hydrogens (tertiary/aromatic N) is 3. The number of hydrogen-bond donors (Lipinski definition) is 1. The lowest BCUT2D eigenvalue weighted by Gasteiger charge is -2.19. The summed E-state index contributed by atoms with van der Waals surface area (Å²) >= 11 is 1.37. The summed E-state index contributed by atoms with van der Waals surface area (Å²) in [4.78, 5) is 12.3. The molecule has 1 amide bonds. The van der Waals surface area contributed by atoms with Crippen LogP contribution in [0.15, 0.2) is 59.8 Å². The fraction of sp³-hybridized carbons (Fsp3) is 0.348. The molecule has 0 aliphatic heterocycles. The monoisotopic (exact) mass is 440 g/mol. The molecular formula is C23H28N4O3S. The molecular weight excluding hydrogens is 412 g/mol. The van der Waals surface area contributed by atoms with Crippen LogP contribution in [0, 0.1) is 0 Å². The molecule has 3 aromatic rings. The molecule has 7 nitrogen and oxygen atoms in total. The molecule has 1 unspecified atom stereocenters. The summed E-state index contributed by atoms with van der Waals surface area (Å²) in [5.74, 6) is 2.36. The predicted molar refractivity (Wildman–Crippen MR) is 121 cm³/mol.